The van der Waals surface area contributed by atoms with Crippen LogP contribution in [0.1, 0.15) is 27.7 Å². The molecule has 0 radical (unpaired) electrons. The Hall–Kier alpha value is -5.07. The first-order valence-corrected chi connectivity index (χ1v) is 15.0. The van der Waals surface area contributed by atoms with Crippen LogP contribution in [-0.4, -0.2) is 82.2 Å². The molecule has 0 spiro atoms. The number of aliphatic hydroxyl groups is 1. The summed E-state index contributed by atoms with van der Waals surface area (Å²) in [6.45, 7) is 20.9. The molecule has 0 amide bonds. The van der Waals surface area contributed by atoms with Gasteiger partial charge in [0, 0.05) is 28.9 Å². The lowest BCUT2D eigenvalue weighted by atomic mass is 10.0. The fraction of sp³-hybridized carbons (Fsp3) is 0.361. The van der Waals surface area contributed by atoms with Gasteiger partial charge in [-0.15, -0.1) is 0 Å². The van der Waals surface area contributed by atoms with E-state index in [2.05, 4.69) is 26.3 Å². The van der Waals surface area contributed by atoms with E-state index < -0.39 is 24.2 Å². The lowest BCUT2D eigenvalue weighted by Gasteiger charge is -2.16. The number of aliphatic hydroxyl groups excluding tert-OH is 1. The topological polar surface area (TPSA) is 145 Å². The van der Waals surface area contributed by atoms with Gasteiger partial charge in [0.1, 0.15) is 69.2 Å². The van der Waals surface area contributed by atoms with Gasteiger partial charge in [-0.3, -0.25) is 0 Å². The predicted molar refractivity (Wildman–Crippen MR) is 178 cm³/mol. The van der Waals surface area contributed by atoms with Crippen LogP contribution in [0.25, 0.3) is 11.1 Å². The van der Waals surface area contributed by atoms with E-state index in [1.807, 2.05) is 0 Å². The van der Waals surface area contributed by atoms with E-state index >= 15 is 0 Å². The summed E-state index contributed by atoms with van der Waals surface area (Å²) in [4.78, 5) is 35.2. The average Bonchev–Trinajstić information content (AvgIpc) is 3.04. The second-order valence-electron chi connectivity index (χ2n) is 10.6. The van der Waals surface area contributed by atoms with Gasteiger partial charge in [-0.2, -0.15) is 0 Å². The zero-order chi connectivity index (χ0) is 35.6. The Balaban J connectivity index is 2.33. The molecule has 0 bridgehead atoms. The van der Waals surface area contributed by atoms with Gasteiger partial charge in [-0.1, -0.05) is 26.3 Å². The van der Waals surface area contributed by atoms with Crippen LogP contribution in [0, 0.1) is 0 Å². The largest absolute Gasteiger partial charge is 0.491 e. The van der Waals surface area contributed by atoms with Crippen LogP contribution in [0.5, 0.6) is 23.0 Å². The molecule has 0 aromatic heterocycles. The van der Waals surface area contributed by atoms with Gasteiger partial charge in [0.2, 0.25) is 0 Å². The van der Waals surface area contributed by atoms with Gasteiger partial charge in [0.05, 0.1) is 6.61 Å². The van der Waals surface area contributed by atoms with E-state index in [-0.39, 0.29) is 69.6 Å². The highest BCUT2D eigenvalue weighted by Crippen LogP contribution is 2.35. The van der Waals surface area contributed by atoms with Gasteiger partial charge < -0.3 is 43.0 Å². The number of hydrogen-bond acceptors (Lipinski definition) is 12. The molecular formula is C36H44O12. The van der Waals surface area contributed by atoms with Crippen molar-refractivity contribution in [3.05, 3.63) is 85.0 Å². The van der Waals surface area contributed by atoms with Crippen molar-refractivity contribution in [2.45, 2.75) is 34.0 Å². The summed E-state index contributed by atoms with van der Waals surface area (Å²) < 4.78 is 44.2. The number of carbonyl (C=O) groups excluding carboxylic acids is 3. The van der Waals surface area contributed by atoms with Gasteiger partial charge in [-0.25, -0.2) is 14.4 Å². The summed E-state index contributed by atoms with van der Waals surface area (Å²) >= 11 is 0. The molecule has 12 heteroatoms. The molecule has 0 saturated carbocycles. The van der Waals surface area contributed by atoms with Crippen LogP contribution >= 0.6 is 0 Å². The van der Waals surface area contributed by atoms with Crippen LogP contribution < -0.4 is 18.9 Å². The van der Waals surface area contributed by atoms with Crippen molar-refractivity contribution < 1.29 is 57.4 Å². The molecule has 1 N–H and O–H groups in total. The van der Waals surface area contributed by atoms with Crippen molar-refractivity contribution in [3.63, 3.8) is 0 Å². The third kappa shape index (κ3) is 14.6. The number of benzene rings is 2. The molecule has 2 rings (SSSR count). The van der Waals surface area contributed by atoms with Crippen LogP contribution in [0.4, 0.5) is 0 Å². The Labute approximate surface area is 281 Å². The van der Waals surface area contributed by atoms with Crippen LogP contribution in [0.3, 0.4) is 0 Å². The smallest absolute Gasteiger partial charge is 0.333 e. The van der Waals surface area contributed by atoms with E-state index in [0.29, 0.717) is 39.7 Å². The van der Waals surface area contributed by atoms with Crippen LogP contribution in [0.2, 0.25) is 0 Å². The van der Waals surface area contributed by atoms with E-state index in [4.69, 9.17) is 37.9 Å². The number of rotatable bonds is 22. The fourth-order valence-corrected chi connectivity index (χ4v) is 3.52. The van der Waals surface area contributed by atoms with Crippen molar-refractivity contribution in [2.24, 2.45) is 0 Å². The Kier molecular flexibility index (Phi) is 16.5. The standard InChI is InChI=1S/C36H44O12/c1-23(2)33(37)45-13-9-41-29-17-27(18-30(21-29)42-10-14-46-34(38)24(3)4)28-19-31(43-11-15-47-35(39)25(5)6)22-32(20-28)44-12-16-48-36(40)26(7)8/h17-22,33,37H,1,3,5,7,9-16H2,2,4,6,8H3. The van der Waals surface area contributed by atoms with Crippen molar-refractivity contribution in [3.8, 4) is 34.1 Å². The highest BCUT2D eigenvalue weighted by molar-refractivity contribution is 5.87. The molecule has 1 unspecified atom stereocenters. The Morgan fingerprint density at radius 2 is 0.812 bits per heavy atom. The third-order valence-electron chi connectivity index (χ3n) is 5.94. The fourth-order valence-electron chi connectivity index (χ4n) is 3.52. The summed E-state index contributed by atoms with van der Waals surface area (Å²) in [5.41, 5.74) is 2.55. The van der Waals surface area contributed by atoms with Gasteiger partial charge in [0.25, 0.3) is 0 Å². The number of ether oxygens (including phenoxy) is 8. The first-order valence-electron chi connectivity index (χ1n) is 15.0. The van der Waals surface area contributed by atoms with Gasteiger partial charge in [-0.05, 0) is 68.7 Å². The minimum absolute atomic E-state index is 0.00797. The zero-order valence-electron chi connectivity index (χ0n) is 28.0. The summed E-state index contributed by atoms with van der Waals surface area (Å²) in [6, 6.07) is 10.3. The van der Waals surface area contributed by atoms with E-state index in [1.54, 1.807) is 64.1 Å². The number of carbonyl (C=O) groups is 3. The second kappa shape index (κ2) is 20.2. The number of esters is 3. The van der Waals surface area contributed by atoms with E-state index in [0.717, 1.165) is 0 Å². The number of hydrogen-bond donors (Lipinski definition) is 1. The molecule has 0 aliphatic rings. The average molecular weight is 669 g/mol. The maximum Gasteiger partial charge on any atom is 0.333 e. The second-order valence-corrected chi connectivity index (χ2v) is 10.6. The normalized spacial score (nSPS) is 11.0. The molecule has 0 heterocycles. The first kappa shape index (κ1) is 39.1. The van der Waals surface area contributed by atoms with E-state index in [1.165, 1.54) is 0 Å². The monoisotopic (exact) mass is 668 g/mol. The van der Waals surface area contributed by atoms with Gasteiger partial charge in [0.15, 0.2) is 6.29 Å². The first-order chi connectivity index (χ1) is 22.8. The third-order valence-corrected chi connectivity index (χ3v) is 5.94. The summed E-state index contributed by atoms with van der Waals surface area (Å²) in [5.74, 6) is 0.0383. The van der Waals surface area contributed by atoms with Crippen molar-refractivity contribution in [2.75, 3.05) is 52.9 Å². The molecule has 0 fully saturated rings. The van der Waals surface area contributed by atoms with E-state index in [9.17, 15) is 19.5 Å². The quantitative estimate of drug-likeness (QED) is 0.0443. The minimum Gasteiger partial charge on any atom is -0.491 e. The maximum atomic E-state index is 11.7. The molecule has 48 heavy (non-hydrogen) atoms. The van der Waals surface area contributed by atoms with Crippen molar-refractivity contribution in [1.29, 1.82) is 0 Å². The Morgan fingerprint density at radius 3 is 1.08 bits per heavy atom. The summed E-state index contributed by atoms with van der Waals surface area (Å²) in [5, 5.41) is 9.84. The molecule has 12 nitrogen and oxygen atoms in total. The SMILES string of the molecule is C=C(C)C(=O)OCCOc1cc(OCCOC(=O)C(=C)C)cc(-c2cc(OCCOC(=O)C(=C)C)cc(OCCOC(O)C(=C)C)c2)c1. The molecule has 2 aromatic rings. The Morgan fingerprint density at radius 1 is 0.521 bits per heavy atom. The van der Waals surface area contributed by atoms with Crippen molar-refractivity contribution in [1.82, 2.24) is 0 Å². The molecule has 0 aliphatic carbocycles. The molecule has 260 valence electrons. The maximum absolute atomic E-state index is 11.7. The lowest BCUT2D eigenvalue weighted by Crippen LogP contribution is -2.17. The summed E-state index contributed by atoms with van der Waals surface area (Å²) in [6.07, 6.45) is -1.12. The lowest BCUT2D eigenvalue weighted by molar-refractivity contribution is -0.140. The predicted octanol–water partition coefficient (Wildman–Crippen LogP) is 5.14. The molecule has 2 aromatic carbocycles. The Bertz CT molecular complexity index is 1420. The zero-order valence-corrected chi connectivity index (χ0v) is 28.0. The summed E-state index contributed by atoms with van der Waals surface area (Å²) in [7, 11) is 0. The van der Waals surface area contributed by atoms with Crippen LogP contribution in [-0.2, 0) is 33.3 Å². The van der Waals surface area contributed by atoms with Crippen molar-refractivity contribution >= 4 is 17.9 Å². The molecular weight excluding hydrogens is 624 g/mol. The van der Waals surface area contributed by atoms with Gasteiger partial charge >= 0.3 is 17.9 Å². The minimum atomic E-state index is -1.12. The van der Waals surface area contributed by atoms with Crippen LogP contribution in [0.15, 0.2) is 85.0 Å². The highest BCUT2D eigenvalue weighted by Gasteiger charge is 2.13. The highest BCUT2D eigenvalue weighted by atomic mass is 16.6. The molecule has 0 aliphatic heterocycles. The molecule has 1 atom stereocenters. The molecule has 0 saturated heterocycles.